The van der Waals surface area contributed by atoms with Crippen LogP contribution in [0, 0.1) is 6.92 Å². The molecule has 3 rings (SSSR count). The fraction of sp³-hybridized carbons (Fsp3) is 0.800. The summed E-state index contributed by atoms with van der Waals surface area (Å²) in [6, 6.07) is 0.171. The molecule has 7 nitrogen and oxygen atoms in total. The van der Waals surface area contributed by atoms with Crippen molar-refractivity contribution in [2.24, 2.45) is 0 Å². The molecule has 156 valence electrons. The van der Waals surface area contributed by atoms with Crippen molar-refractivity contribution in [1.29, 1.82) is 0 Å². The van der Waals surface area contributed by atoms with Gasteiger partial charge in [0.15, 0.2) is 0 Å². The van der Waals surface area contributed by atoms with Gasteiger partial charge < -0.3 is 23.5 Å². The van der Waals surface area contributed by atoms with Crippen molar-refractivity contribution in [1.82, 2.24) is 14.5 Å². The van der Waals surface area contributed by atoms with Gasteiger partial charge in [-0.3, -0.25) is 0 Å². The molecule has 0 spiro atoms. The first-order valence-corrected chi connectivity index (χ1v) is 10.2. The molecule has 1 amide bonds. The Morgan fingerprint density at radius 3 is 2.43 bits per heavy atom. The molecule has 0 aromatic carbocycles. The molecule has 3 heterocycles. The van der Waals surface area contributed by atoms with Crippen molar-refractivity contribution in [2.75, 3.05) is 13.1 Å². The summed E-state index contributed by atoms with van der Waals surface area (Å²) in [4.78, 5) is 19.0. The van der Waals surface area contributed by atoms with Crippen molar-refractivity contribution >= 4 is 18.8 Å². The normalized spacial score (nSPS) is 24.5. The lowest BCUT2D eigenvalue weighted by atomic mass is 9.85. The lowest BCUT2D eigenvalue weighted by molar-refractivity contribution is 0.00578. The second-order valence-electron chi connectivity index (χ2n) is 9.93. The molecule has 28 heavy (non-hydrogen) atoms. The van der Waals surface area contributed by atoms with Gasteiger partial charge in [-0.2, -0.15) is 0 Å². The number of amides is 1. The molecule has 2 saturated heterocycles. The Morgan fingerprint density at radius 2 is 1.86 bits per heavy atom. The van der Waals surface area contributed by atoms with E-state index in [1.54, 1.807) is 4.90 Å². The predicted octanol–water partition coefficient (Wildman–Crippen LogP) is 3.06. The zero-order valence-electron chi connectivity index (χ0n) is 18.5. The van der Waals surface area contributed by atoms with Gasteiger partial charge in [-0.05, 0) is 68.2 Å². The molecule has 1 aromatic rings. The zero-order valence-corrected chi connectivity index (χ0v) is 18.5. The van der Waals surface area contributed by atoms with E-state index in [1.165, 1.54) is 0 Å². The number of piperidine rings is 1. The van der Waals surface area contributed by atoms with Crippen LogP contribution in [-0.2, 0) is 14.0 Å². The summed E-state index contributed by atoms with van der Waals surface area (Å²) in [7, 11) is -0.476. The molecule has 0 radical (unpaired) electrons. The van der Waals surface area contributed by atoms with E-state index in [2.05, 4.69) is 4.57 Å². The summed E-state index contributed by atoms with van der Waals surface area (Å²) in [5.74, 6) is 0.903. The first-order valence-electron chi connectivity index (χ1n) is 10.2. The van der Waals surface area contributed by atoms with E-state index in [9.17, 15) is 4.79 Å². The molecule has 1 aromatic heterocycles. The maximum absolute atomic E-state index is 12.5. The average Bonchev–Trinajstić information content (AvgIpc) is 3.03. The molecule has 8 heteroatoms. The van der Waals surface area contributed by atoms with E-state index >= 15 is 0 Å². The van der Waals surface area contributed by atoms with Crippen LogP contribution in [0.5, 0.6) is 0 Å². The number of hydrogen-bond acceptors (Lipinski definition) is 5. The van der Waals surface area contributed by atoms with Crippen LogP contribution in [0.1, 0.15) is 73.2 Å². The number of carbonyl (C=O) groups is 1. The van der Waals surface area contributed by atoms with Crippen molar-refractivity contribution in [3.05, 3.63) is 12.0 Å². The number of nitrogens with zero attached hydrogens (tertiary/aromatic N) is 3. The Kier molecular flexibility index (Phi) is 5.34. The maximum atomic E-state index is 12.5. The fourth-order valence-electron chi connectivity index (χ4n) is 3.63. The first kappa shape index (κ1) is 21.2. The summed E-state index contributed by atoms with van der Waals surface area (Å²) in [6.07, 6.45) is 3.70. The molecule has 1 unspecified atom stereocenters. The topological polar surface area (TPSA) is 65.8 Å². The lowest BCUT2D eigenvalue weighted by Crippen LogP contribution is -2.43. The quantitative estimate of drug-likeness (QED) is 0.725. The molecular weight excluding hydrogens is 357 g/mol. The van der Waals surface area contributed by atoms with E-state index in [0.29, 0.717) is 6.54 Å². The largest absolute Gasteiger partial charge is 0.516 e. The van der Waals surface area contributed by atoms with Gasteiger partial charge in [-0.25, -0.2) is 9.78 Å². The van der Waals surface area contributed by atoms with Crippen LogP contribution in [0.25, 0.3) is 0 Å². The zero-order chi connectivity index (χ0) is 20.9. The SMILES string of the molecule is Cc1nc(B2OC(C)(C)C(C)(C)O2)cn1C1CCCN(C(=O)OC(C)(C)C)C1. The van der Waals surface area contributed by atoms with Crippen LogP contribution in [0.3, 0.4) is 0 Å². The van der Waals surface area contributed by atoms with Gasteiger partial charge in [-0.15, -0.1) is 0 Å². The molecule has 0 aliphatic carbocycles. The number of imidazole rings is 1. The Balaban J connectivity index is 1.74. The van der Waals surface area contributed by atoms with Crippen molar-refractivity contribution < 1.29 is 18.8 Å². The molecule has 2 aliphatic heterocycles. The van der Waals surface area contributed by atoms with Gasteiger partial charge in [0.05, 0.1) is 22.8 Å². The molecule has 2 fully saturated rings. The van der Waals surface area contributed by atoms with Crippen molar-refractivity contribution in [3.8, 4) is 0 Å². The maximum Gasteiger partial charge on any atom is 0.516 e. The molecule has 0 N–H and O–H groups in total. The predicted molar refractivity (Wildman–Crippen MR) is 109 cm³/mol. The van der Waals surface area contributed by atoms with Gasteiger partial charge in [0, 0.05) is 19.3 Å². The third kappa shape index (κ3) is 4.22. The number of rotatable bonds is 2. The van der Waals surface area contributed by atoms with Crippen LogP contribution in [-0.4, -0.2) is 57.6 Å². The summed E-state index contributed by atoms with van der Waals surface area (Å²) < 4.78 is 20.0. The highest BCUT2D eigenvalue weighted by Crippen LogP contribution is 2.36. The van der Waals surface area contributed by atoms with Gasteiger partial charge in [-0.1, -0.05) is 0 Å². The number of ether oxygens (including phenoxy) is 1. The number of hydrogen-bond donors (Lipinski definition) is 0. The highest BCUT2D eigenvalue weighted by molar-refractivity contribution is 6.61. The number of carbonyl (C=O) groups excluding carboxylic acids is 1. The molecule has 0 bridgehead atoms. The van der Waals surface area contributed by atoms with Crippen LogP contribution in [0.2, 0.25) is 0 Å². The van der Waals surface area contributed by atoms with Gasteiger partial charge in [0.25, 0.3) is 0 Å². The highest BCUT2D eigenvalue weighted by Gasteiger charge is 2.52. The Morgan fingerprint density at radius 1 is 1.25 bits per heavy atom. The van der Waals surface area contributed by atoms with Crippen LogP contribution >= 0.6 is 0 Å². The summed E-state index contributed by atoms with van der Waals surface area (Å²) >= 11 is 0. The van der Waals surface area contributed by atoms with E-state index in [1.807, 2.05) is 61.6 Å². The van der Waals surface area contributed by atoms with Gasteiger partial charge >= 0.3 is 13.2 Å². The van der Waals surface area contributed by atoms with E-state index < -0.39 is 23.9 Å². The second kappa shape index (κ2) is 7.06. The first-order chi connectivity index (χ1) is 12.8. The Hall–Kier alpha value is -1.54. The van der Waals surface area contributed by atoms with E-state index in [-0.39, 0.29) is 12.1 Å². The third-order valence-electron chi connectivity index (χ3n) is 5.87. The molecule has 0 saturated carbocycles. The lowest BCUT2D eigenvalue weighted by Gasteiger charge is -2.35. The number of aryl methyl sites for hydroxylation is 1. The second-order valence-corrected chi connectivity index (χ2v) is 9.93. The third-order valence-corrected chi connectivity index (χ3v) is 5.87. The minimum Gasteiger partial charge on any atom is -0.444 e. The summed E-state index contributed by atoms with van der Waals surface area (Å²) in [5, 5.41) is 0. The molecule has 2 aliphatic rings. The molecular formula is C20H34BN3O4. The van der Waals surface area contributed by atoms with E-state index in [0.717, 1.165) is 30.8 Å². The number of likely N-dealkylation sites (tertiary alicyclic amines) is 1. The van der Waals surface area contributed by atoms with Crippen LogP contribution in [0.15, 0.2) is 6.20 Å². The van der Waals surface area contributed by atoms with Crippen molar-refractivity contribution in [2.45, 2.75) is 91.1 Å². The van der Waals surface area contributed by atoms with Crippen molar-refractivity contribution in [3.63, 3.8) is 0 Å². The highest BCUT2D eigenvalue weighted by atomic mass is 16.7. The Bertz CT molecular complexity index is 722. The standard InChI is InChI=1S/C20H34BN3O4/c1-14-22-16(21-27-19(5,6)20(7,8)28-21)13-24(14)15-10-9-11-23(12-15)17(25)26-18(2,3)4/h13,15H,9-12H2,1-8H3. The fourth-order valence-corrected chi connectivity index (χ4v) is 3.63. The van der Waals surface area contributed by atoms with Crippen LogP contribution in [0.4, 0.5) is 4.79 Å². The molecule has 1 atom stereocenters. The van der Waals surface area contributed by atoms with E-state index in [4.69, 9.17) is 19.0 Å². The summed E-state index contributed by atoms with van der Waals surface area (Å²) in [6.45, 7) is 17.2. The smallest absolute Gasteiger partial charge is 0.444 e. The van der Waals surface area contributed by atoms with Crippen LogP contribution < -0.4 is 5.59 Å². The number of aromatic nitrogens is 2. The van der Waals surface area contributed by atoms with Gasteiger partial charge in [0.1, 0.15) is 11.4 Å². The minimum atomic E-state index is -0.487. The van der Waals surface area contributed by atoms with Gasteiger partial charge in [0.2, 0.25) is 0 Å². The monoisotopic (exact) mass is 391 g/mol. The Labute approximate surface area is 168 Å². The minimum absolute atomic E-state index is 0.171. The summed E-state index contributed by atoms with van der Waals surface area (Å²) in [5.41, 5.74) is -0.495. The average molecular weight is 391 g/mol.